The fourth-order valence-electron chi connectivity index (χ4n) is 2.95. The second-order valence-corrected chi connectivity index (χ2v) is 7.12. The van der Waals surface area contributed by atoms with Crippen LogP contribution in [0.2, 0.25) is 0 Å². The Morgan fingerprint density at radius 3 is 3.04 bits per heavy atom. The predicted octanol–water partition coefficient (Wildman–Crippen LogP) is 2.38. The number of rotatable bonds is 4. The number of imidazole rings is 1. The largest absolute Gasteiger partial charge is 0.348 e. The summed E-state index contributed by atoms with van der Waals surface area (Å²) >= 11 is 1.55. The van der Waals surface area contributed by atoms with Crippen LogP contribution in [-0.2, 0) is 11.8 Å². The third-order valence-electron chi connectivity index (χ3n) is 4.30. The first-order chi connectivity index (χ1) is 12.6. The highest BCUT2D eigenvalue weighted by molar-refractivity contribution is 7.21. The first kappa shape index (κ1) is 16.6. The highest BCUT2D eigenvalue weighted by atomic mass is 32.1. The molecule has 26 heavy (non-hydrogen) atoms. The van der Waals surface area contributed by atoms with E-state index in [1.807, 2.05) is 42.8 Å². The van der Waals surface area contributed by atoms with Gasteiger partial charge in [0.1, 0.15) is 20.9 Å². The molecule has 1 aromatic carbocycles. The molecule has 0 spiro atoms. The number of aromatic nitrogens is 4. The lowest BCUT2D eigenvalue weighted by atomic mass is 10.1. The Morgan fingerprint density at radius 1 is 1.38 bits per heavy atom. The van der Waals surface area contributed by atoms with Gasteiger partial charge in [-0.15, -0.1) is 0 Å². The number of hydrogen-bond donors (Lipinski definition) is 2. The average Bonchev–Trinajstić information content (AvgIpc) is 3.25. The first-order valence-electron chi connectivity index (χ1n) is 8.23. The average molecular weight is 366 g/mol. The van der Waals surface area contributed by atoms with Gasteiger partial charge in [-0.1, -0.05) is 29.5 Å². The number of nitrogens with one attached hydrogen (secondary N) is 1. The maximum absolute atomic E-state index is 11.5. The molecule has 3 heterocycles. The van der Waals surface area contributed by atoms with Crippen molar-refractivity contribution in [2.75, 3.05) is 6.54 Å². The van der Waals surface area contributed by atoms with Crippen LogP contribution in [0.4, 0.5) is 0 Å². The van der Waals surface area contributed by atoms with Gasteiger partial charge in [-0.2, -0.15) is 0 Å². The van der Waals surface area contributed by atoms with Crippen molar-refractivity contribution in [3.63, 3.8) is 0 Å². The molecule has 0 unspecified atom stereocenters. The summed E-state index contributed by atoms with van der Waals surface area (Å²) in [4.78, 5) is 26.1. The van der Waals surface area contributed by atoms with E-state index < -0.39 is 0 Å². The molecule has 0 bridgehead atoms. The zero-order valence-corrected chi connectivity index (χ0v) is 15.2. The van der Waals surface area contributed by atoms with Crippen molar-refractivity contribution in [2.24, 2.45) is 12.8 Å². The van der Waals surface area contributed by atoms with Crippen LogP contribution >= 0.6 is 11.3 Å². The topological polar surface area (TPSA) is 98.7 Å². The number of amides is 1. The van der Waals surface area contributed by atoms with Gasteiger partial charge in [0.05, 0.1) is 30.6 Å². The monoisotopic (exact) mass is 366 g/mol. The molecule has 0 saturated heterocycles. The van der Waals surface area contributed by atoms with Crippen molar-refractivity contribution in [1.82, 2.24) is 24.8 Å². The number of fused-ring (bicyclic) bond motifs is 3. The molecule has 7 nitrogen and oxygen atoms in total. The number of carbonyl (C=O) groups excluding carboxylic acids is 1. The van der Waals surface area contributed by atoms with Gasteiger partial charge in [-0.05, 0) is 18.6 Å². The predicted molar refractivity (Wildman–Crippen MR) is 103 cm³/mol. The molecule has 0 aliphatic heterocycles. The summed E-state index contributed by atoms with van der Waals surface area (Å²) in [5, 5.41) is 3.76. The number of nitrogens with two attached hydrogens (primary N) is 1. The molecule has 1 atom stereocenters. The van der Waals surface area contributed by atoms with Gasteiger partial charge in [0.15, 0.2) is 0 Å². The Kier molecular flexibility index (Phi) is 4.14. The lowest BCUT2D eigenvalue weighted by molar-refractivity contribution is -0.120. The van der Waals surface area contributed by atoms with Gasteiger partial charge in [0.25, 0.3) is 0 Å². The molecule has 0 aliphatic carbocycles. The van der Waals surface area contributed by atoms with E-state index >= 15 is 0 Å². The molecule has 132 valence electrons. The number of thiazole rings is 1. The third kappa shape index (κ3) is 2.83. The van der Waals surface area contributed by atoms with E-state index in [4.69, 9.17) is 10.7 Å². The SMILES string of the molecule is C[C@H](NC(=O)CN)c1cccc(-c2nc3c(ncc4ncn(C)c43)s2)c1. The van der Waals surface area contributed by atoms with Crippen LogP contribution in [0.3, 0.4) is 0 Å². The van der Waals surface area contributed by atoms with Crippen LogP contribution in [0.1, 0.15) is 18.5 Å². The van der Waals surface area contributed by atoms with E-state index in [2.05, 4.69) is 15.3 Å². The van der Waals surface area contributed by atoms with Gasteiger partial charge in [0.2, 0.25) is 5.91 Å². The summed E-state index contributed by atoms with van der Waals surface area (Å²) in [5.41, 5.74) is 10.1. The first-order valence-corrected chi connectivity index (χ1v) is 9.05. The standard InChI is InChI=1S/C18H18N6OS/c1-10(22-14(25)7-19)11-4-3-5-12(6-11)17-23-15-16-13(21-9-24(16)2)8-20-18(15)26-17/h3-6,8-10H,7,19H2,1-2H3,(H,22,25)/t10-/m0/s1. The molecule has 1 amide bonds. The van der Waals surface area contributed by atoms with Gasteiger partial charge in [-0.25, -0.2) is 15.0 Å². The van der Waals surface area contributed by atoms with Crippen molar-refractivity contribution in [1.29, 1.82) is 0 Å². The van der Waals surface area contributed by atoms with E-state index in [1.54, 1.807) is 23.9 Å². The molecular weight excluding hydrogens is 348 g/mol. The minimum absolute atomic E-state index is 0.0196. The fraction of sp³-hybridized carbons (Fsp3) is 0.222. The van der Waals surface area contributed by atoms with E-state index in [9.17, 15) is 4.79 Å². The second-order valence-electron chi connectivity index (χ2n) is 6.14. The Morgan fingerprint density at radius 2 is 2.23 bits per heavy atom. The van der Waals surface area contributed by atoms with Crippen molar-refractivity contribution < 1.29 is 4.79 Å². The summed E-state index contributed by atoms with van der Waals surface area (Å²) in [6, 6.07) is 7.88. The van der Waals surface area contributed by atoms with Crippen LogP contribution in [0.5, 0.6) is 0 Å². The van der Waals surface area contributed by atoms with Crippen molar-refractivity contribution in [2.45, 2.75) is 13.0 Å². The van der Waals surface area contributed by atoms with Crippen molar-refractivity contribution in [3.05, 3.63) is 42.4 Å². The molecule has 4 aromatic rings. The summed E-state index contributed by atoms with van der Waals surface area (Å²) in [7, 11) is 1.95. The summed E-state index contributed by atoms with van der Waals surface area (Å²) < 4.78 is 1.96. The highest BCUT2D eigenvalue weighted by Gasteiger charge is 2.15. The number of hydrogen-bond acceptors (Lipinski definition) is 6. The number of pyridine rings is 1. The molecular formula is C18H18N6OS. The number of aryl methyl sites for hydroxylation is 1. The van der Waals surface area contributed by atoms with Crippen LogP contribution in [0.15, 0.2) is 36.8 Å². The third-order valence-corrected chi connectivity index (χ3v) is 5.31. The Balaban J connectivity index is 1.76. The maximum Gasteiger partial charge on any atom is 0.234 e. The van der Waals surface area contributed by atoms with E-state index in [1.165, 1.54) is 0 Å². The van der Waals surface area contributed by atoms with Crippen LogP contribution < -0.4 is 11.1 Å². The fourth-order valence-corrected chi connectivity index (χ4v) is 3.86. The summed E-state index contributed by atoms with van der Waals surface area (Å²) in [6.07, 6.45) is 3.55. The maximum atomic E-state index is 11.5. The number of carbonyl (C=O) groups is 1. The Bertz CT molecular complexity index is 1120. The second kappa shape index (κ2) is 6.47. The molecule has 0 saturated carbocycles. The smallest absolute Gasteiger partial charge is 0.234 e. The molecule has 4 rings (SSSR count). The summed E-state index contributed by atoms with van der Waals surface area (Å²) in [6.45, 7) is 1.92. The zero-order valence-electron chi connectivity index (χ0n) is 14.4. The zero-order chi connectivity index (χ0) is 18.3. The summed E-state index contributed by atoms with van der Waals surface area (Å²) in [5.74, 6) is -0.175. The van der Waals surface area contributed by atoms with Gasteiger partial charge >= 0.3 is 0 Å². The minimum atomic E-state index is -0.175. The van der Waals surface area contributed by atoms with Crippen LogP contribution in [-0.4, -0.2) is 32.0 Å². The normalized spacial score (nSPS) is 12.6. The van der Waals surface area contributed by atoms with Crippen molar-refractivity contribution in [3.8, 4) is 10.6 Å². The van der Waals surface area contributed by atoms with Crippen LogP contribution in [0, 0.1) is 0 Å². The highest BCUT2D eigenvalue weighted by Crippen LogP contribution is 2.33. The lowest BCUT2D eigenvalue weighted by Crippen LogP contribution is -2.32. The van der Waals surface area contributed by atoms with E-state index in [-0.39, 0.29) is 18.5 Å². The molecule has 0 aliphatic rings. The van der Waals surface area contributed by atoms with Gasteiger partial charge in [-0.3, -0.25) is 4.79 Å². The Hall–Kier alpha value is -2.84. The minimum Gasteiger partial charge on any atom is -0.348 e. The Labute approximate surface area is 153 Å². The van der Waals surface area contributed by atoms with Crippen LogP contribution in [0.25, 0.3) is 32.0 Å². The van der Waals surface area contributed by atoms with Gasteiger partial charge in [0, 0.05) is 12.6 Å². The number of benzene rings is 1. The van der Waals surface area contributed by atoms with Crippen molar-refractivity contribution >= 4 is 38.6 Å². The van der Waals surface area contributed by atoms with Gasteiger partial charge < -0.3 is 15.6 Å². The molecule has 0 radical (unpaired) electrons. The lowest BCUT2D eigenvalue weighted by Gasteiger charge is -2.14. The number of nitrogens with zero attached hydrogens (tertiary/aromatic N) is 4. The van der Waals surface area contributed by atoms with E-state index in [0.717, 1.165) is 37.5 Å². The molecule has 3 aromatic heterocycles. The van der Waals surface area contributed by atoms with E-state index in [0.29, 0.717) is 0 Å². The quantitative estimate of drug-likeness (QED) is 0.578. The molecule has 8 heteroatoms. The molecule has 3 N–H and O–H groups in total. The molecule has 0 fully saturated rings.